The van der Waals surface area contributed by atoms with Crippen molar-refractivity contribution in [1.29, 1.82) is 0 Å². The van der Waals surface area contributed by atoms with E-state index in [0.29, 0.717) is 11.8 Å². The van der Waals surface area contributed by atoms with Crippen LogP contribution in [0.1, 0.15) is 11.1 Å². The van der Waals surface area contributed by atoms with Gasteiger partial charge in [0.25, 0.3) is 0 Å². The van der Waals surface area contributed by atoms with E-state index in [-0.39, 0.29) is 10.8 Å². The monoisotopic (exact) mass is 512 g/mol. The number of piperidine rings is 4. The van der Waals surface area contributed by atoms with Gasteiger partial charge in [0, 0.05) is 0 Å². The van der Waals surface area contributed by atoms with Crippen LogP contribution in [-0.2, 0) is 12.8 Å². The number of quaternary nitrogens is 4. The normalized spacial score (nSPS) is 43.1. The Morgan fingerprint density at radius 1 is 0.526 bits per heavy atom. The van der Waals surface area contributed by atoms with Crippen molar-refractivity contribution in [2.24, 2.45) is 32.9 Å². The molecule has 38 heavy (non-hydrogen) atoms. The molecule has 8 fully saturated rings. The summed E-state index contributed by atoms with van der Waals surface area (Å²) in [5, 5.41) is 10.9. The summed E-state index contributed by atoms with van der Waals surface area (Å²) in [6, 6.07) is 22.5. The third kappa shape index (κ3) is 4.00. The van der Waals surface area contributed by atoms with Crippen molar-refractivity contribution in [3.8, 4) is 0 Å². The number of rotatable bonds is 5. The zero-order valence-corrected chi connectivity index (χ0v) is 22.7. The van der Waals surface area contributed by atoms with Gasteiger partial charge in [-0.3, -0.25) is 0 Å². The van der Waals surface area contributed by atoms with Crippen molar-refractivity contribution in [2.45, 2.75) is 12.8 Å². The van der Waals surface area contributed by atoms with Gasteiger partial charge in [-0.05, 0) is 24.0 Å². The third-order valence-electron chi connectivity index (χ3n) is 11.1. The lowest BCUT2D eigenvalue weighted by molar-refractivity contribution is -0.918. The summed E-state index contributed by atoms with van der Waals surface area (Å²) >= 11 is 0. The molecular formula is C32H44N6+4. The van der Waals surface area contributed by atoms with E-state index in [9.17, 15) is 0 Å². The fourth-order valence-electron chi connectivity index (χ4n) is 9.84. The molecule has 4 N–H and O–H groups in total. The van der Waals surface area contributed by atoms with Crippen LogP contribution in [0.2, 0.25) is 0 Å². The molecule has 198 valence electrons. The summed E-state index contributed by atoms with van der Waals surface area (Å²) in [7, 11) is 0. The Hall–Kier alpha value is -2.38. The van der Waals surface area contributed by atoms with Crippen LogP contribution >= 0.6 is 0 Å². The molecule has 4 atom stereocenters. The summed E-state index contributed by atoms with van der Waals surface area (Å²) in [5.74, 6) is 1.18. The number of nitrogens with one attached hydrogen (secondary N) is 4. The summed E-state index contributed by atoms with van der Waals surface area (Å²) < 4.78 is 0. The fourth-order valence-corrected chi connectivity index (χ4v) is 9.84. The van der Waals surface area contributed by atoms with Gasteiger partial charge in [0.1, 0.15) is 37.0 Å². The molecule has 8 aliphatic rings. The van der Waals surface area contributed by atoms with E-state index in [1.807, 2.05) is 19.6 Å². The van der Waals surface area contributed by atoms with Gasteiger partial charge in [-0.15, -0.1) is 0 Å². The second-order valence-electron chi connectivity index (χ2n) is 13.8. The summed E-state index contributed by atoms with van der Waals surface area (Å²) in [6.07, 6.45) is 2.24. The van der Waals surface area contributed by atoms with Crippen LogP contribution in [0.3, 0.4) is 0 Å². The van der Waals surface area contributed by atoms with Gasteiger partial charge in [-0.2, -0.15) is 10.2 Å². The molecule has 8 bridgehead atoms. The predicted octanol–water partition coefficient (Wildman–Crippen LogP) is -2.90. The van der Waals surface area contributed by atoms with Crippen molar-refractivity contribution < 1.29 is 19.6 Å². The largest absolute Gasteiger partial charge is 0.329 e. The van der Waals surface area contributed by atoms with Gasteiger partial charge in [0.05, 0.1) is 75.6 Å². The van der Waals surface area contributed by atoms with E-state index in [4.69, 9.17) is 10.2 Å². The standard InChI is InChI=1S/C32H40N6/c1-3-7-25(8-4-1)15-31-21-35-11-12-36(22-31)18-27(17-35)29(31)33-34-30-28-19-37-13-14-38(20-28)24-32(30,23-37)16-26-9-5-2-6-10-26/h1-10,27-28H,11-24H2/p+4/b33-29-,34-30+. The lowest BCUT2D eigenvalue weighted by Gasteiger charge is -2.47. The summed E-state index contributed by atoms with van der Waals surface area (Å²) in [4.78, 5) is 7.24. The minimum atomic E-state index is 0.159. The molecule has 0 aromatic heterocycles. The first-order valence-corrected chi connectivity index (χ1v) is 15.2. The maximum Gasteiger partial charge on any atom is 0.127 e. The van der Waals surface area contributed by atoms with E-state index in [2.05, 4.69) is 60.7 Å². The zero-order chi connectivity index (χ0) is 25.2. The SMILES string of the molecule is c1ccc(CC23C[NH+]4CC[NH+](CC(C4)/C2=N/N=C2\C4C[NH+]5CC[NH+](C4)CC2(Cc2ccccc2)C5)C3)cc1. The van der Waals surface area contributed by atoms with Crippen LogP contribution < -0.4 is 19.6 Å². The highest BCUT2D eigenvalue weighted by Crippen LogP contribution is 2.34. The smallest absolute Gasteiger partial charge is 0.127 e. The Balaban J connectivity index is 1.21. The van der Waals surface area contributed by atoms with E-state index in [0.717, 1.165) is 12.8 Å². The first kappa shape index (κ1) is 23.5. The van der Waals surface area contributed by atoms with Gasteiger partial charge >= 0.3 is 0 Å². The second kappa shape index (κ2) is 9.09. The van der Waals surface area contributed by atoms with Crippen LogP contribution in [0.4, 0.5) is 0 Å². The van der Waals surface area contributed by atoms with E-state index >= 15 is 0 Å². The van der Waals surface area contributed by atoms with Crippen molar-refractivity contribution in [2.75, 3.05) is 78.5 Å². The minimum absolute atomic E-state index is 0.159. The molecule has 8 heterocycles. The van der Waals surface area contributed by atoms with Gasteiger partial charge < -0.3 is 19.6 Å². The van der Waals surface area contributed by atoms with Crippen LogP contribution in [0, 0.1) is 22.7 Å². The van der Waals surface area contributed by atoms with Crippen molar-refractivity contribution in [3.05, 3.63) is 71.8 Å². The van der Waals surface area contributed by atoms with E-state index in [1.165, 1.54) is 101 Å². The average molecular weight is 513 g/mol. The predicted molar refractivity (Wildman–Crippen MR) is 149 cm³/mol. The molecule has 6 heteroatoms. The molecular weight excluding hydrogens is 468 g/mol. The van der Waals surface area contributed by atoms with Crippen LogP contribution in [0.25, 0.3) is 0 Å². The Morgan fingerprint density at radius 3 is 1.21 bits per heavy atom. The molecule has 8 saturated heterocycles. The van der Waals surface area contributed by atoms with Crippen LogP contribution in [0.15, 0.2) is 70.9 Å². The molecule has 8 aliphatic heterocycles. The lowest BCUT2D eigenvalue weighted by atomic mass is 9.67. The van der Waals surface area contributed by atoms with E-state index < -0.39 is 0 Å². The molecule has 2 aromatic carbocycles. The molecule has 0 amide bonds. The molecule has 10 rings (SSSR count). The molecule has 0 spiro atoms. The van der Waals surface area contributed by atoms with Crippen LogP contribution in [-0.4, -0.2) is 90.0 Å². The Kier molecular flexibility index (Phi) is 5.62. The maximum atomic E-state index is 5.46. The molecule has 6 nitrogen and oxygen atoms in total. The minimum Gasteiger partial charge on any atom is -0.329 e. The molecule has 4 unspecified atom stereocenters. The summed E-state index contributed by atoms with van der Waals surface area (Å²) in [6.45, 7) is 15.3. The van der Waals surface area contributed by atoms with E-state index in [1.54, 1.807) is 0 Å². The highest BCUT2D eigenvalue weighted by molar-refractivity contribution is 5.97. The Labute approximate surface area is 227 Å². The topological polar surface area (TPSA) is 42.5 Å². The number of fused-ring (bicyclic) bond motifs is 2. The number of hydrogen-bond acceptors (Lipinski definition) is 2. The third-order valence-corrected chi connectivity index (χ3v) is 11.1. The quantitative estimate of drug-likeness (QED) is 0.311. The Morgan fingerprint density at radius 2 is 0.868 bits per heavy atom. The number of hydrogen-bond donors (Lipinski definition) is 4. The zero-order valence-electron chi connectivity index (χ0n) is 22.7. The lowest BCUT2D eigenvalue weighted by Crippen LogP contribution is -3.17. The van der Waals surface area contributed by atoms with Gasteiger partial charge in [0.15, 0.2) is 0 Å². The first-order chi connectivity index (χ1) is 18.7. The molecule has 0 saturated carbocycles. The van der Waals surface area contributed by atoms with Crippen LogP contribution in [0.5, 0.6) is 0 Å². The summed E-state index contributed by atoms with van der Waals surface area (Å²) in [5.41, 5.74) is 6.18. The van der Waals surface area contributed by atoms with Crippen molar-refractivity contribution >= 4 is 11.4 Å². The molecule has 2 aromatic rings. The fraction of sp³-hybridized carbons (Fsp3) is 0.562. The van der Waals surface area contributed by atoms with Crippen molar-refractivity contribution in [1.82, 2.24) is 0 Å². The average Bonchev–Trinajstić information content (AvgIpc) is 3.30. The van der Waals surface area contributed by atoms with Gasteiger partial charge in [0.2, 0.25) is 0 Å². The number of nitrogens with zero attached hydrogens (tertiary/aromatic N) is 2. The highest BCUT2D eigenvalue weighted by Gasteiger charge is 2.59. The van der Waals surface area contributed by atoms with Gasteiger partial charge in [-0.1, -0.05) is 60.7 Å². The maximum absolute atomic E-state index is 5.46. The molecule has 0 aliphatic carbocycles. The Bertz CT molecular complexity index is 1110. The van der Waals surface area contributed by atoms with Crippen molar-refractivity contribution in [3.63, 3.8) is 0 Å². The van der Waals surface area contributed by atoms with Gasteiger partial charge in [-0.25, -0.2) is 0 Å². The first-order valence-electron chi connectivity index (χ1n) is 15.2. The molecule has 0 radical (unpaired) electrons. The highest BCUT2D eigenvalue weighted by atomic mass is 15.3. The number of benzene rings is 2. The second-order valence-corrected chi connectivity index (χ2v) is 13.8.